The van der Waals surface area contributed by atoms with Gasteiger partial charge >= 0.3 is 6.09 Å². The number of thiazole rings is 1. The molecule has 5 heteroatoms. The molecule has 0 aliphatic carbocycles. The van der Waals surface area contributed by atoms with E-state index in [1.54, 1.807) is 11.3 Å². The van der Waals surface area contributed by atoms with Gasteiger partial charge in [0.05, 0.1) is 12.3 Å². The van der Waals surface area contributed by atoms with Gasteiger partial charge in [0, 0.05) is 23.1 Å². The predicted octanol–water partition coefficient (Wildman–Crippen LogP) is 5.50. The lowest BCUT2D eigenvalue weighted by Gasteiger charge is -2.07. The van der Waals surface area contributed by atoms with Crippen LogP contribution in [0.2, 0.25) is 0 Å². The van der Waals surface area contributed by atoms with Crippen LogP contribution in [0.25, 0.3) is 21.8 Å². The van der Waals surface area contributed by atoms with Crippen molar-refractivity contribution >= 4 is 17.4 Å². The van der Waals surface area contributed by atoms with Crippen molar-refractivity contribution in [1.29, 1.82) is 0 Å². The fourth-order valence-electron chi connectivity index (χ4n) is 2.45. The lowest BCUT2D eigenvalue weighted by Crippen LogP contribution is -2.24. The molecule has 0 radical (unpaired) electrons. The van der Waals surface area contributed by atoms with E-state index in [1.165, 1.54) is 0 Å². The Balaban J connectivity index is 1.58. The molecule has 0 saturated carbocycles. The Kier molecular flexibility index (Phi) is 6.39. The fraction of sp³-hybridized carbons (Fsp3) is 0.238. The van der Waals surface area contributed by atoms with Crippen LogP contribution < -0.4 is 5.32 Å². The molecule has 3 aromatic rings. The Bertz CT molecular complexity index is 829. The van der Waals surface area contributed by atoms with Gasteiger partial charge in [-0.2, -0.15) is 0 Å². The summed E-state index contributed by atoms with van der Waals surface area (Å²) in [5, 5.41) is 5.83. The molecule has 1 amide bonds. The molecule has 134 valence electrons. The molecule has 1 heterocycles. The van der Waals surface area contributed by atoms with Crippen molar-refractivity contribution in [1.82, 2.24) is 10.3 Å². The first-order chi connectivity index (χ1) is 12.8. The van der Waals surface area contributed by atoms with Crippen molar-refractivity contribution in [3.05, 3.63) is 65.5 Å². The molecule has 2 aromatic carbocycles. The monoisotopic (exact) mass is 366 g/mol. The summed E-state index contributed by atoms with van der Waals surface area (Å²) in [6.45, 7) is 2.99. The minimum Gasteiger partial charge on any atom is -0.450 e. The highest BCUT2D eigenvalue weighted by atomic mass is 32.1. The number of hydrogen-bond donors (Lipinski definition) is 1. The average Bonchev–Trinajstić information content (AvgIpc) is 3.18. The van der Waals surface area contributed by atoms with Gasteiger partial charge in [-0.1, -0.05) is 67.9 Å². The number of nitrogens with zero attached hydrogens (tertiary/aromatic N) is 1. The number of nitrogens with one attached hydrogen (secondary N) is 1. The number of hydrogen-bond acceptors (Lipinski definition) is 4. The van der Waals surface area contributed by atoms with E-state index in [0.717, 1.165) is 40.2 Å². The third kappa shape index (κ3) is 4.92. The van der Waals surface area contributed by atoms with Crippen LogP contribution in [0.4, 0.5) is 4.79 Å². The summed E-state index contributed by atoms with van der Waals surface area (Å²) < 4.78 is 5.08. The number of benzene rings is 2. The van der Waals surface area contributed by atoms with Crippen molar-refractivity contribution < 1.29 is 9.53 Å². The quantitative estimate of drug-likeness (QED) is 0.561. The van der Waals surface area contributed by atoms with Gasteiger partial charge in [-0.3, -0.25) is 0 Å². The second-order valence-electron chi connectivity index (χ2n) is 5.94. The summed E-state index contributed by atoms with van der Waals surface area (Å²) in [4.78, 5) is 16.3. The molecule has 0 unspecified atom stereocenters. The van der Waals surface area contributed by atoms with Crippen LogP contribution in [0.5, 0.6) is 0 Å². The second kappa shape index (κ2) is 9.15. The van der Waals surface area contributed by atoms with E-state index in [2.05, 4.69) is 29.8 Å². The lowest BCUT2D eigenvalue weighted by atomic mass is 10.1. The third-order valence-electron chi connectivity index (χ3n) is 3.94. The highest BCUT2D eigenvalue weighted by Crippen LogP contribution is 2.28. The number of aromatic nitrogens is 1. The van der Waals surface area contributed by atoms with E-state index >= 15 is 0 Å². The molecule has 0 saturated heterocycles. The smallest absolute Gasteiger partial charge is 0.407 e. The van der Waals surface area contributed by atoms with E-state index in [0.29, 0.717) is 13.2 Å². The van der Waals surface area contributed by atoms with E-state index in [-0.39, 0.29) is 6.09 Å². The number of carbonyl (C=O) groups excluding carboxylic acids is 1. The van der Waals surface area contributed by atoms with E-state index in [4.69, 9.17) is 9.72 Å². The first kappa shape index (κ1) is 18.1. The second-order valence-corrected chi connectivity index (χ2v) is 6.80. The molecule has 0 atom stereocenters. The van der Waals surface area contributed by atoms with Gasteiger partial charge in [0.15, 0.2) is 0 Å². The molecule has 1 N–H and O–H groups in total. The zero-order chi connectivity index (χ0) is 18.2. The minimum atomic E-state index is -0.366. The van der Waals surface area contributed by atoms with Crippen molar-refractivity contribution in [3.63, 3.8) is 0 Å². The maximum absolute atomic E-state index is 11.6. The van der Waals surface area contributed by atoms with E-state index < -0.39 is 0 Å². The Labute approximate surface area is 157 Å². The van der Waals surface area contributed by atoms with Crippen LogP contribution in [0.3, 0.4) is 0 Å². The average molecular weight is 366 g/mol. The molecule has 0 spiro atoms. The van der Waals surface area contributed by atoms with Crippen LogP contribution in [-0.4, -0.2) is 17.7 Å². The number of carbonyl (C=O) groups is 1. The molecule has 0 aliphatic rings. The van der Waals surface area contributed by atoms with Crippen molar-refractivity contribution in [2.24, 2.45) is 0 Å². The Morgan fingerprint density at radius 2 is 1.85 bits per heavy atom. The van der Waals surface area contributed by atoms with E-state index in [9.17, 15) is 4.79 Å². The molecule has 0 bridgehead atoms. The summed E-state index contributed by atoms with van der Waals surface area (Å²) in [5.41, 5.74) is 4.22. The van der Waals surface area contributed by atoms with Gasteiger partial charge in [0.1, 0.15) is 5.01 Å². The topological polar surface area (TPSA) is 51.2 Å². The van der Waals surface area contributed by atoms with Gasteiger partial charge in [0.25, 0.3) is 0 Å². The summed E-state index contributed by atoms with van der Waals surface area (Å²) >= 11 is 1.63. The number of amides is 1. The number of alkyl carbamates (subject to hydrolysis) is 1. The van der Waals surface area contributed by atoms with Gasteiger partial charge in [-0.25, -0.2) is 9.78 Å². The number of ether oxygens (including phenoxy) is 1. The van der Waals surface area contributed by atoms with E-state index in [1.807, 2.05) is 42.5 Å². The predicted molar refractivity (Wildman–Crippen MR) is 106 cm³/mol. The van der Waals surface area contributed by atoms with Gasteiger partial charge in [-0.15, -0.1) is 11.3 Å². The molecule has 1 aromatic heterocycles. The zero-order valence-electron chi connectivity index (χ0n) is 14.8. The molecular weight excluding hydrogens is 344 g/mol. The Morgan fingerprint density at radius 1 is 1.08 bits per heavy atom. The molecule has 0 aliphatic heterocycles. The number of rotatable bonds is 7. The van der Waals surface area contributed by atoms with Crippen LogP contribution in [0.1, 0.15) is 25.3 Å². The first-order valence-corrected chi connectivity index (χ1v) is 9.65. The number of unbranched alkanes of at least 4 members (excludes halogenated alkanes) is 1. The van der Waals surface area contributed by atoms with Crippen LogP contribution in [-0.2, 0) is 11.3 Å². The lowest BCUT2D eigenvalue weighted by molar-refractivity contribution is 0.144. The maximum atomic E-state index is 11.6. The van der Waals surface area contributed by atoms with Crippen molar-refractivity contribution in [2.75, 3.05) is 6.61 Å². The largest absolute Gasteiger partial charge is 0.450 e. The minimum absolute atomic E-state index is 0.366. The Morgan fingerprint density at radius 3 is 2.58 bits per heavy atom. The van der Waals surface area contributed by atoms with Crippen LogP contribution >= 0.6 is 11.3 Å². The molecule has 0 fully saturated rings. The maximum Gasteiger partial charge on any atom is 0.407 e. The summed E-state index contributed by atoms with van der Waals surface area (Å²) in [5.74, 6) is 0. The standard InChI is InChI=1S/C21H22N2O2S/c1-2-3-13-25-21(24)22-14-16-9-11-18(12-10-16)20-23-19(15-26-20)17-7-5-4-6-8-17/h4-12,15H,2-3,13-14H2,1H3,(H,22,24). The summed E-state index contributed by atoms with van der Waals surface area (Å²) in [6.07, 6.45) is 1.54. The first-order valence-electron chi connectivity index (χ1n) is 8.77. The van der Waals surface area contributed by atoms with Gasteiger partial charge in [0.2, 0.25) is 0 Å². The highest BCUT2D eigenvalue weighted by molar-refractivity contribution is 7.13. The van der Waals surface area contributed by atoms with Gasteiger partial charge in [-0.05, 0) is 12.0 Å². The molecule has 3 rings (SSSR count). The summed E-state index contributed by atoms with van der Waals surface area (Å²) in [7, 11) is 0. The van der Waals surface area contributed by atoms with Crippen LogP contribution in [0, 0.1) is 0 Å². The SMILES string of the molecule is CCCCOC(=O)NCc1ccc(-c2nc(-c3ccccc3)cs2)cc1. The molecular formula is C21H22N2O2S. The third-order valence-corrected chi connectivity index (χ3v) is 4.83. The summed E-state index contributed by atoms with van der Waals surface area (Å²) in [6, 6.07) is 18.2. The van der Waals surface area contributed by atoms with Crippen molar-refractivity contribution in [3.8, 4) is 21.8 Å². The molecule has 26 heavy (non-hydrogen) atoms. The normalized spacial score (nSPS) is 10.5. The van der Waals surface area contributed by atoms with Gasteiger partial charge < -0.3 is 10.1 Å². The van der Waals surface area contributed by atoms with Crippen molar-refractivity contribution in [2.45, 2.75) is 26.3 Å². The zero-order valence-corrected chi connectivity index (χ0v) is 15.6. The fourth-order valence-corrected chi connectivity index (χ4v) is 3.28. The van der Waals surface area contributed by atoms with Crippen LogP contribution in [0.15, 0.2) is 60.0 Å². The molecule has 4 nitrogen and oxygen atoms in total. The highest BCUT2D eigenvalue weighted by Gasteiger charge is 2.07. The Hall–Kier alpha value is -2.66.